The molecule has 1 unspecified atom stereocenters. The number of thioether (sulfide) groups is 1. The Hall–Kier alpha value is -0.510. The standard InChI is InChI=1S/C11H17NOS/c1-3-13-11(8-12)9-4-6-10(14-2)7-5-9/h4-7,11H,3,8,12H2,1-2H3. The maximum atomic E-state index is 5.63. The largest absolute Gasteiger partial charge is 0.372 e. The van der Waals surface area contributed by atoms with Gasteiger partial charge in [0, 0.05) is 18.0 Å². The van der Waals surface area contributed by atoms with Gasteiger partial charge < -0.3 is 10.5 Å². The quantitative estimate of drug-likeness (QED) is 0.760. The van der Waals surface area contributed by atoms with Gasteiger partial charge in [0.15, 0.2) is 0 Å². The highest BCUT2D eigenvalue weighted by Crippen LogP contribution is 2.20. The molecule has 1 aromatic rings. The predicted octanol–water partition coefficient (Wildman–Crippen LogP) is 2.44. The Kier molecular flexibility index (Phi) is 5.01. The molecule has 2 N–H and O–H groups in total. The summed E-state index contributed by atoms with van der Waals surface area (Å²) in [6, 6.07) is 8.36. The third-order valence-electron chi connectivity index (χ3n) is 2.07. The highest BCUT2D eigenvalue weighted by Gasteiger charge is 2.08. The number of ether oxygens (including phenoxy) is 1. The lowest BCUT2D eigenvalue weighted by Gasteiger charge is -2.15. The molecule has 1 aromatic carbocycles. The lowest BCUT2D eigenvalue weighted by Crippen LogP contribution is -2.15. The first-order chi connectivity index (χ1) is 6.81. The minimum Gasteiger partial charge on any atom is -0.372 e. The van der Waals surface area contributed by atoms with Crippen molar-refractivity contribution in [1.29, 1.82) is 0 Å². The Morgan fingerprint density at radius 1 is 1.36 bits per heavy atom. The highest BCUT2D eigenvalue weighted by atomic mass is 32.2. The molecule has 0 saturated carbocycles. The molecule has 0 bridgehead atoms. The van der Waals surface area contributed by atoms with Crippen molar-refractivity contribution >= 4 is 11.8 Å². The van der Waals surface area contributed by atoms with E-state index < -0.39 is 0 Å². The number of rotatable bonds is 5. The van der Waals surface area contributed by atoms with Crippen LogP contribution in [0.1, 0.15) is 18.6 Å². The summed E-state index contributed by atoms with van der Waals surface area (Å²) in [4.78, 5) is 1.26. The van der Waals surface area contributed by atoms with Gasteiger partial charge in [0.05, 0.1) is 6.10 Å². The third-order valence-corrected chi connectivity index (χ3v) is 2.81. The van der Waals surface area contributed by atoms with Crippen LogP contribution in [-0.2, 0) is 4.74 Å². The van der Waals surface area contributed by atoms with E-state index in [-0.39, 0.29) is 6.10 Å². The Labute approximate surface area is 89.8 Å². The van der Waals surface area contributed by atoms with Crippen LogP contribution in [0.5, 0.6) is 0 Å². The van der Waals surface area contributed by atoms with Crippen LogP contribution in [0.15, 0.2) is 29.2 Å². The molecule has 0 aromatic heterocycles. The summed E-state index contributed by atoms with van der Waals surface area (Å²) >= 11 is 1.74. The van der Waals surface area contributed by atoms with Gasteiger partial charge in [0.2, 0.25) is 0 Å². The van der Waals surface area contributed by atoms with E-state index in [1.54, 1.807) is 11.8 Å². The minimum absolute atomic E-state index is 0.0379. The fourth-order valence-electron chi connectivity index (χ4n) is 1.32. The average molecular weight is 211 g/mol. The van der Waals surface area contributed by atoms with Gasteiger partial charge in [-0.2, -0.15) is 0 Å². The Bertz CT molecular complexity index is 260. The molecule has 3 heteroatoms. The van der Waals surface area contributed by atoms with E-state index in [0.717, 1.165) is 5.56 Å². The molecular weight excluding hydrogens is 194 g/mol. The summed E-state index contributed by atoms with van der Waals surface area (Å²) in [6.45, 7) is 3.22. The van der Waals surface area contributed by atoms with E-state index in [9.17, 15) is 0 Å². The molecule has 0 aliphatic heterocycles. The van der Waals surface area contributed by atoms with Gasteiger partial charge in [-0.05, 0) is 30.9 Å². The molecular formula is C11H17NOS. The van der Waals surface area contributed by atoms with Gasteiger partial charge in [-0.1, -0.05) is 12.1 Å². The van der Waals surface area contributed by atoms with Crippen LogP contribution in [-0.4, -0.2) is 19.4 Å². The maximum Gasteiger partial charge on any atom is 0.0946 e. The van der Waals surface area contributed by atoms with Crippen LogP contribution in [0.4, 0.5) is 0 Å². The molecule has 0 aliphatic rings. The van der Waals surface area contributed by atoms with E-state index in [2.05, 4.69) is 30.5 Å². The summed E-state index contributed by atoms with van der Waals surface area (Å²) in [5, 5.41) is 0. The number of hydrogen-bond acceptors (Lipinski definition) is 3. The second-order valence-electron chi connectivity index (χ2n) is 2.95. The summed E-state index contributed by atoms with van der Waals surface area (Å²) < 4.78 is 5.52. The van der Waals surface area contributed by atoms with Crippen molar-refractivity contribution in [3.63, 3.8) is 0 Å². The number of hydrogen-bond donors (Lipinski definition) is 1. The Morgan fingerprint density at radius 2 is 2.00 bits per heavy atom. The van der Waals surface area contributed by atoms with Crippen LogP contribution in [0.25, 0.3) is 0 Å². The van der Waals surface area contributed by atoms with Gasteiger partial charge in [0.25, 0.3) is 0 Å². The van der Waals surface area contributed by atoms with E-state index >= 15 is 0 Å². The van der Waals surface area contributed by atoms with Crippen LogP contribution < -0.4 is 5.73 Å². The number of nitrogens with two attached hydrogens (primary N) is 1. The predicted molar refractivity (Wildman–Crippen MR) is 61.6 cm³/mol. The van der Waals surface area contributed by atoms with Crippen LogP contribution in [0, 0.1) is 0 Å². The van der Waals surface area contributed by atoms with E-state index in [0.29, 0.717) is 13.2 Å². The second-order valence-corrected chi connectivity index (χ2v) is 3.83. The first kappa shape index (κ1) is 11.6. The zero-order chi connectivity index (χ0) is 10.4. The third kappa shape index (κ3) is 3.01. The molecule has 0 saturated heterocycles. The molecule has 14 heavy (non-hydrogen) atoms. The van der Waals surface area contributed by atoms with Gasteiger partial charge >= 0.3 is 0 Å². The molecule has 78 valence electrons. The second kappa shape index (κ2) is 6.06. The van der Waals surface area contributed by atoms with Crippen molar-refractivity contribution in [1.82, 2.24) is 0 Å². The summed E-state index contributed by atoms with van der Waals surface area (Å²) in [5.41, 5.74) is 6.79. The van der Waals surface area contributed by atoms with Crippen molar-refractivity contribution in [2.45, 2.75) is 17.9 Å². The fourth-order valence-corrected chi connectivity index (χ4v) is 1.73. The van der Waals surface area contributed by atoms with Crippen LogP contribution >= 0.6 is 11.8 Å². The van der Waals surface area contributed by atoms with Gasteiger partial charge in [-0.15, -0.1) is 11.8 Å². The van der Waals surface area contributed by atoms with Gasteiger partial charge in [-0.3, -0.25) is 0 Å². The lowest BCUT2D eigenvalue weighted by molar-refractivity contribution is 0.0688. The topological polar surface area (TPSA) is 35.2 Å². The van der Waals surface area contributed by atoms with Crippen LogP contribution in [0.2, 0.25) is 0 Å². The van der Waals surface area contributed by atoms with Gasteiger partial charge in [-0.25, -0.2) is 0 Å². The maximum absolute atomic E-state index is 5.63. The van der Waals surface area contributed by atoms with Crippen molar-refractivity contribution in [3.05, 3.63) is 29.8 Å². The SMILES string of the molecule is CCOC(CN)c1ccc(SC)cc1. The van der Waals surface area contributed by atoms with Crippen LogP contribution in [0.3, 0.4) is 0 Å². The van der Waals surface area contributed by atoms with Crippen molar-refractivity contribution in [2.24, 2.45) is 5.73 Å². The first-order valence-corrected chi connectivity index (χ1v) is 6.00. The molecule has 0 heterocycles. The van der Waals surface area contributed by atoms with Crippen molar-refractivity contribution in [3.8, 4) is 0 Å². The van der Waals surface area contributed by atoms with Crippen molar-refractivity contribution in [2.75, 3.05) is 19.4 Å². The zero-order valence-corrected chi connectivity index (χ0v) is 9.51. The molecule has 1 atom stereocenters. The Morgan fingerprint density at radius 3 is 2.43 bits per heavy atom. The Balaban J connectivity index is 2.73. The molecule has 0 spiro atoms. The first-order valence-electron chi connectivity index (χ1n) is 4.77. The van der Waals surface area contributed by atoms with Crippen molar-refractivity contribution < 1.29 is 4.74 Å². The van der Waals surface area contributed by atoms with E-state index in [1.807, 2.05) is 6.92 Å². The molecule has 0 radical (unpaired) electrons. The smallest absolute Gasteiger partial charge is 0.0946 e. The number of benzene rings is 1. The highest BCUT2D eigenvalue weighted by molar-refractivity contribution is 7.98. The average Bonchev–Trinajstić information content (AvgIpc) is 2.26. The fraction of sp³-hybridized carbons (Fsp3) is 0.455. The summed E-state index contributed by atoms with van der Waals surface area (Å²) in [7, 11) is 0. The molecule has 0 fully saturated rings. The van der Waals surface area contributed by atoms with E-state index in [4.69, 9.17) is 10.5 Å². The monoisotopic (exact) mass is 211 g/mol. The minimum atomic E-state index is 0.0379. The summed E-state index contributed by atoms with van der Waals surface area (Å²) in [5.74, 6) is 0. The van der Waals surface area contributed by atoms with E-state index in [1.165, 1.54) is 4.90 Å². The molecule has 0 aliphatic carbocycles. The molecule has 1 rings (SSSR count). The summed E-state index contributed by atoms with van der Waals surface area (Å²) in [6.07, 6.45) is 2.11. The van der Waals surface area contributed by atoms with Gasteiger partial charge in [0.1, 0.15) is 0 Å². The normalized spacial score (nSPS) is 12.8. The molecule has 2 nitrogen and oxygen atoms in total. The lowest BCUT2D eigenvalue weighted by atomic mass is 10.1. The zero-order valence-electron chi connectivity index (χ0n) is 8.69. The molecule has 0 amide bonds.